The number of benzene rings is 1. The molecular formula is C12H7N3O2. The van der Waals surface area contributed by atoms with E-state index in [2.05, 4.69) is 0 Å². The van der Waals surface area contributed by atoms with Crippen molar-refractivity contribution in [1.29, 1.82) is 10.5 Å². The van der Waals surface area contributed by atoms with Gasteiger partial charge in [0.05, 0.1) is 10.5 Å². The van der Waals surface area contributed by atoms with Crippen LogP contribution in [0.15, 0.2) is 42.0 Å². The van der Waals surface area contributed by atoms with Gasteiger partial charge in [0.2, 0.25) is 0 Å². The van der Waals surface area contributed by atoms with Crippen molar-refractivity contribution in [1.82, 2.24) is 0 Å². The van der Waals surface area contributed by atoms with Gasteiger partial charge < -0.3 is 0 Å². The molecule has 0 aliphatic carbocycles. The molecule has 0 amide bonds. The van der Waals surface area contributed by atoms with Crippen molar-refractivity contribution in [2.24, 2.45) is 0 Å². The van der Waals surface area contributed by atoms with E-state index in [9.17, 15) is 10.1 Å². The summed E-state index contributed by atoms with van der Waals surface area (Å²) in [6, 6.07) is 9.60. The maximum atomic E-state index is 10.7. The second kappa shape index (κ2) is 5.84. The van der Waals surface area contributed by atoms with E-state index in [1.165, 1.54) is 24.3 Å². The van der Waals surface area contributed by atoms with Crippen molar-refractivity contribution in [3.8, 4) is 12.1 Å². The predicted molar refractivity (Wildman–Crippen MR) is 61.4 cm³/mol. The Kier molecular flexibility index (Phi) is 4.17. The zero-order chi connectivity index (χ0) is 12.7. The Balaban J connectivity index is 3.02. The van der Waals surface area contributed by atoms with E-state index in [0.717, 1.165) is 0 Å². The SMILES string of the molecule is N#CC(C#N)=CC=Cc1ccccc1[N+](=O)[O-]. The number of allylic oxidation sites excluding steroid dienone is 3. The Morgan fingerprint density at radius 2 is 1.94 bits per heavy atom. The highest BCUT2D eigenvalue weighted by molar-refractivity contribution is 5.62. The largest absolute Gasteiger partial charge is 0.276 e. The molecule has 1 aromatic carbocycles. The quantitative estimate of drug-likeness (QED) is 0.342. The summed E-state index contributed by atoms with van der Waals surface area (Å²) in [7, 11) is 0. The summed E-state index contributed by atoms with van der Waals surface area (Å²) in [6.45, 7) is 0. The molecule has 0 aromatic heterocycles. The third-order valence-corrected chi connectivity index (χ3v) is 1.91. The Labute approximate surface area is 97.7 Å². The van der Waals surface area contributed by atoms with Gasteiger partial charge in [0, 0.05) is 6.07 Å². The standard InChI is InChI=1S/C12H7N3O2/c13-8-10(9-14)4-3-6-11-5-1-2-7-12(11)15(16)17/h1-7H. The molecule has 0 saturated carbocycles. The lowest BCUT2D eigenvalue weighted by atomic mass is 10.1. The summed E-state index contributed by atoms with van der Waals surface area (Å²) in [5.74, 6) is 0. The zero-order valence-corrected chi connectivity index (χ0v) is 8.70. The first-order valence-electron chi connectivity index (χ1n) is 4.61. The Bertz CT molecular complexity index is 558. The van der Waals surface area contributed by atoms with Gasteiger partial charge in [0.25, 0.3) is 5.69 Å². The number of nitriles is 2. The van der Waals surface area contributed by atoms with Gasteiger partial charge in [-0.15, -0.1) is 0 Å². The van der Waals surface area contributed by atoms with Gasteiger partial charge in [-0.25, -0.2) is 0 Å². The number of nitro groups is 1. The fourth-order valence-electron chi connectivity index (χ4n) is 1.14. The molecule has 0 N–H and O–H groups in total. The van der Waals surface area contributed by atoms with E-state index >= 15 is 0 Å². The molecule has 0 aliphatic rings. The van der Waals surface area contributed by atoms with Gasteiger partial charge in [0.15, 0.2) is 0 Å². The first-order chi connectivity index (χ1) is 8.19. The summed E-state index contributed by atoms with van der Waals surface area (Å²) in [4.78, 5) is 10.2. The smallest absolute Gasteiger partial charge is 0.258 e. The minimum Gasteiger partial charge on any atom is -0.258 e. The van der Waals surface area contributed by atoms with Crippen LogP contribution in [-0.4, -0.2) is 4.92 Å². The molecule has 0 unspecified atom stereocenters. The van der Waals surface area contributed by atoms with Crippen LogP contribution < -0.4 is 0 Å². The van der Waals surface area contributed by atoms with E-state index in [1.54, 1.807) is 30.3 Å². The molecular weight excluding hydrogens is 218 g/mol. The molecule has 1 rings (SSSR count). The highest BCUT2D eigenvalue weighted by Gasteiger charge is 2.08. The van der Waals surface area contributed by atoms with Crippen molar-refractivity contribution in [2.45, 2.75) is 0 Å². The van der Waals surface area contributed by atoms with Gasteiger partial charge in [-0.05, 0) is 18.2 Å². The van der Waals surface area contributed by atoms with Crippen molar-refractivity contribution >= 4 is 11.8 Å². The van der Waals surface area contributed by atoms with Crippen LogP contribution in [0.2, 0.25) is 0 Å². The number of nitrogens with zero attached hydrogens (tertiary/aromatic N) is 3. The topological polar surface area (TPSA) is 90.7 Å². The van der Waals surface area contributed by atoms with Gasteiger partial charge in [0.1, 0.15) is 17.7 Å². The van der Waals surface area contributed by atoms with Crippen LogP contribution in [0.3, 0.4) is 0 Å². The average Bonchev–Trinajstić information content (AvgIpc) is 2.35. The lowest BCUT2D eigenvalue weighted by Crippen LogP contribution is -1.90. The third-order valence-electron chi connectivity index (χ3n) is 1.91. The monoisotopic (exact) mass is 225 g/mol. The van der Waals surface area contributed by atoms with E-state index in [-0.39, 0.29) is 11.3 Å². The maximum Gasteiger partial charge on any atom is 0.276 e. The molecule has 0 saturated heterocycles. The molecule has 0 bridgehead atoms. The lowest BCUT2D eigenvalue weighted by molar-refractivity contribution is -0.385. The number of rotatable bonds is 3. The second-order valence-electron chi connectivity index (χ2n) is 2.98. The van der Waals surface area contributed by atoms with Crippen molar-refractivity contribution < 1.29 is 4.92 Å². The number of para-hydroxylation sites is 1. The molecule has 17 heavy (non-hydrogen) atoms. The van der Waals surface area contributed by atoms with Crippen LogP contribution in [0.5, 0.6) is 0 Å². The fraction of sp³-hybridized carbons (Fsp3) is 0. The molecule has 0 spiro atoms. The summed E-state index contributed by atoms with van der Waals surface area (Å²) in [6.07, 6.45) is 4.22. The van der Waals surface area contributed by atoms with Crippen LogP contribution in [-0.2, 0) is 0 Å². The van der Waals surface area contributed by atoms with E-state index in [0.29, 0.717) is 5.56 Å². The lowest BCUT2D eigenvalue weighted by Gasteiger charge is -1.95. The van der Waals surface area contributed by atoms with Crippen molar-refractivity contribution in [2.75, 3.05) is 0 Å². The van der Waals surface area contributed by atoms with Crippen LogP contribution in [0.25, 0.3) is 6.08 Å². The maximum absolute atomic E-state index is 10.7. The predicted octanol–water partition coefficient (Wildman–Crippen LogP) is 2.58. The minimum atomic E-state index is -0.487. The first-order valence-corrected chi connectivity index (χ1v) is 4.61. The van der Waals surface area contributed by atoms with Gasteiger partial charge in [-0.1, -0.05) is 18.2 Å². The normalized spacial score (nSPS) is 9.29. The number of nitro benzene ring substituents is 1. The Morgan fingerprint density at radius 3 is 2.53 bits per heavy atom. The number of hydrogen-bond donors (Lipinski definition) is 0. The second-order valence-corrected chi connectivity index (χ2v) is 2.98. The molecule has 1 aromatic rings. The molecule has 5 nitrogen and oxygen atoms in total. The molecule has 5 heteroatoms. The molecule has 82 valence electrons. The van der Waals surface area contributed by atoms with Crippen LogP contribution in [0, 0.1) is 32.8 Å². The van der Waals surface area contributed by atoms with Gasteiger partial charge in [-0.3, -0.25) is 10.1 Å². The van der Waals surface area contributed by atoms with Crippen LogP contribution in [0.1, 0.15) is 5.56 Å². The van der Waals surface area contributed by atoms with Crippen LogP contribution >= 0.6 is 0 Å². The highest BCUT2D eigenvalue weighted by Crippen LogP contribution is 2.18. The fourth-order valence-corrected chi connectivity index (χ4v) is 1.14. The summed E-state index contributed by atoms with van der Waals surface area (Å²) in [5, 5.41) is 27.6. The average molecular weight is 225 g/mol. The summed E-state index contributed by atoms with van der Waals surface area (Å²) in [5.41, 5.74) is 0.344. The Morgan fingerprint density at radius 1 is 1.29 bits per heavy atom. The molecule has 0 fully saturated rings. The highest BCUT2D eigenvalue weighted by atomic mass is 16.6. The molecule has 0 radical (unpaired) electrons. The Hall–Kier alpha value is -2.92. The zero-order valence-electron chi connectivity index (χ0n) is 8.70. The van der Waals surface area contributed by atoms with Gasteiger partial charge in [-0.2, -0.15) is 10.5 Å². The minimum absolute atomic E-state index is 0.0207. The first kappa shape index (κ1) is 12.2. The van der Waals surface area contributed by atoms with E-state index in [1.807, 2.05) is 0 Å². The van der Waals surface area contributed by atoms with Crippen LogP contribution in [0.4, 0.5) is 5.69 Å². The van der Waals surface area contributed by atoms with E-state index in [4.69, 9.17) is 10.5 Å². The third kappa shape index (κ3) is 3.29. The van der Waals surface area contributed by atoms with Crippen molar-refractivity contribution in [3.63, 3.8) is 0 Å². The number of hydrogen-bond acceptors (Lipinski definition) is 4. The summed E-state index contributed by atoms with van der Waals surface area (Å²) >= 11 is 0. The van der Waals surface area contributed by atoms with Gasteiger partial charge >= 0.3 is 0 Å². The van der Waals surface area contributed by atoms with E-state index < -0.39 is 4.92 Å². The molecule has 0 atom stereocenters. The molecule has 0 aliphatic heterocycles. The van der Waals surface area contributed by atoms with Crippen molar-refractivity contribution in [3.05, 3.63) is 57.7 Å². The molecule has 0 heterocycles. The summed E-state index contributed by atoms with van der Waals surface area (Å²) < 4.78 is 0.